The Bertz CT molecular complexity index is 120. The van der Waals surface area contributed by atoms with Crippen molar-refractivity contribution in [3.05, 3.63) is 0 Å². The fourth-order valence-corrected chi connectivity index (χ4v) is 1.75. The third-order valence-corrected chi connectivity index (χ3v) is 2.60. The minimum absolute atomic E-state index is 0.445. The van der Waals surface area contributed by atoms with Gasteiger partial charge < -0.3 is 11.1 Å². The molecule has 3 N–H and O–H groups in total. The third kappa shape index (κ3) is 1.32. The first-order chi connectivity index (χ1) is 4.86. The van der Waals surface area contributed by atoms with Crippen molar-refractivity contribution in [1.82, 2.24) is 5.32 Å². The molecule has 0 amide bonds. The molecule has 2 aliphatic carbocycles. The maximum absolute atomic E-state index is 5.89. The Morgan fingerprint density at radius 3 is 2.40 bits per heavy atom. The Hall–Kier alpha value is -0.0800. The fourth-order valence-electron chi connectivity index (χ4n) is 1.75. The van der Waals surface area contributed by atoms with Crippen LogP contribution in [0.15, 0.2) is 0 Å². The smallest absolute Gasteiger partial charge is 0.0221 e. The van der Waals surface area contributed by atoms with E-state index in [0.717, 1.165) is 6.04 Å². The van der Waals surface area contributed by atoms with Crippen LogP contribution in [-0.2, 0) is 0 Å². The number of hydrogen-bond donors (Lipinski definition) is 2. The molecule has 0 bridgehead atoms. The summed E-state index contributed by atoms with van der Waals surface area (Å²) in [5, 5.41) is 3.58. The van der Waals surface area contributed by atoms with Gasteiger partial charge in [-0.05, 0) is 25.7 Å². The van der Waals surface area contributed by atoms with E-state index in [0.29, 0.717) is 12.1 Å². The Labute approximate surface area is 62.2 Å². The van der Waals surface area contributed by atoms with Gasteiger partial charge in [-0.3, -0.25) is 0 Å². The minimum Gasteiger partial charge on any atom is -0.326 e. The largest absolute Gasteiger partial charge is 0.326 e. The van der Waals surface area contributed by atoms with Gasteiger partial charge in [0.1, 0.15) is 0 Å². The van der Waals surface area contributed by atoms with E-state index in [9.17, 15) is 0 Å². The molecule has 2 saturated carbocycles. The first-order valence-corrected chi connectivity index (χ1v) is 4.38. The van der Waals surface area contributed by atoms with E-state index in [1.165, 1.54) is 32.1 Å². The Kier molecular flexibility index (Phi) is 1.66. The minimum atomic E-state index is 0.445. The van der Waals surface area contributed by atoms with E-state index in [-0.39, 0.29) is 0 Å². The standard InChI is InChI=1S/C8H16N2/c9-7-2-1-3-8(7)10-6-4-5-6/h6-8,10H,1-5,9H2/t7-,8+/m0/s1. The lowest BCUT2D eigenvalue weighted by atomic mass is 10.2. The summed E-state index contributed by atoms with van der Waals surface area (Å²) in [6, 6.07) is 1.92. The molecule has 2 heteroatoms. The molecule has 2 nitrogen and oxygen atoms in total. The fraction of sp³-hybridized carbons (Fsp3) is 1.00. The molecule has 0 unspecified atom stereocenters. The monoisotopic (exact) mass is 140 g/mol. The van der Waals surface area contributed by atoms with Crippen molar-refractivity contribution in [3.63, 3.8) is 0 Å². The quantitative estimate of drug-likeness (QED) is 0.590. The zero-order valence-electron chi connectivity index (χ0n) is 6.34. The molecule has 0 saturated heterocycles. The Morgan fingerprint density at radius 2 is 1.90 bits per heavy atom. The zero-order chi connectivity index (χ0) is 6.97. The van der Waals surface area contributed by atoms with Crippen LogP contribution in [0.3, 0.4) is 0 Å². The maximum Gasteiger partial charge on any atom is 0.0221 e. The summed E-state index contributed by atoms with van der Waals surface area (Å²) in [6.45, 7) is 0. The van der Waals surface area contributed by atoms with E-state index >= 15 is 0 Å². The van der Waals surface area contributed by atoms with Crippen LogP contribution >= 0.6 is 0 Å². The summed E-state index contributed by atoms with van der Waals surface area (Å²) in [5.74, 6) is 0. The highest BCUT2D eigenvalue weighted by Gasteiger charge is 2.30. The van der Waals surface area contributed by atoms with E-state index in [4.69, 9.17) is 5.73 Å². The molecule has 0 aliphatic heterocycles. The van der Waals surface area contributed by atoms with Gasteiger partial charge >= 0.3 is 0 Å². The molecular weight excluding hydrogens is 124 g/mol. The summed E-state index contributed by atoms with van der Waals surface area (Å²) in [6.07, 6.45) is 6.61. The van der Waals surface area contributed by atoms with E-state index in [2.05, 4.69) is 5.32 Å². The summed E-state index contributed by atoms with van der Waals surface area (Å²) in [4.78, 5) is 0. The van der Waals surface area contributed by atoms with Crippen LogP contribution in [0.2, 0.25) is 0 Å². The predicted molar refractivity (Wildman–Crippen MR) is 41.8 cm³/mol. The van der Waals surface area contributed by atoms with Gasteiger partial charge in [-0.15, -0.1) is 0 Å². The van der Waals surface area contributed by atoms with Crippen molar-refractivity contribution in [1.29, 1.82) is 0 Å². The average molecular weight is 140 g/mol. The summed E-state index contributed by atoms with van der Waals surface area (Å²) >= 11 is 0. The predicted octanol–water partition coefficient (Wildman–Crippen LogP) is 0.618. The summed E-state index contributed by atoms with van der Waals surface area (Å²) < 4.78 is 0. The summed E-state index contributed by atoms with van der Waals surface area (Å²) in [7, 11) is 0. The van der Waals surface area contributed by atoms with Crippen molar-refractivity contribution in [2.24, 2.45) is 5.73 Å². The van der Waals surface area contributed by atoms with Crippen LogP contribution in [0, 0.1) is 0 Å². The lowest BCUT2D eigenvalue weighted by Gasteiger charge is -2.16. The highest BCUT2D eigenvalue weighted by atomic mass is 15.0. The van der Waals surface area contributed by atoms with Crippen molar-refractivity contribution in [2.75, 3.05) is 0 Å². The molecule has 0 radical (unpaired) electrons. The normalized spacial score (nSPS) is 40.5. The van der Waals surface area contributed by atoms with Gasteiger partial charge in [0.2, 0.25) is 0 Å². The molecule has 0 aromatic rings. The molecule has 2 fully saturated rings. The lowest BCUT2D eigenvalue weighted by Crippen LogP contribution is -2.41. The molecular formula is C8H16N2. The highest BCUT2D eigenvalue weighted by molar-refractivity contribution is 4.92. The van der Waals surface area contributed by atoms with Crippen LogP contribution in [0.1, 0.15) is 32.1 Å². The Morgan fingerprint density at radius 1 is 1.10 bits per heavy atom. The molecule has 58 valence electrons. The molecule has 0 aromatic heterocycles. The van der Waals surface area contributed by atoms with Crippen LogP contribution in [0.5, 0.6) is 0 Å². The van der Waals surface area contributed by atoms with Crippen molar-refractivity contribution in [2.45, 2.75) is 50.2 Å². The van der Waals surface area contributed by atoms with Crippen molar-refractivity contribution < 1.29 is 0 Å². The van der Waals surface area contributed by atoms with Crippen molar-refractivity contribution >= 4 is 0 Å². The van der Waals surface area contributed by atoms with Crippen LogP contribution in [0.4, 0.5) is 0 Å². The maximum atomic E-state index is 5.89. The SMILES string of the molecule is N[C@H]1CCC[C@H]1NC1CC1. The molecule has 0 aromatic carbocycles. The summed E-state index contributed by atoms with van der Waals surface area (Å²) in [5.41, 5.74) is 5.89. The number of nitrogens with one attached hydrogen (secondary N) is 1. The average Bonchev–Trinajstić information content (AvgIpc) is 2.62. The van der Waals surface area contributed by atoms with Gasteiger partial charge in [-0.25, -0.2) is 0 Å². The van der Waals surface area contributed by atoms with Gasteiger partial charge in [0.05, 0.1) is 0 Å². The molecule has 2 aliphatic rings. The van der Waals surface area contributed by atoms with Crippen LogP contribution in [0.25, 0.3) is 0 Å². The van der Waals surface area contributed by atoms with E-state index in [1.807, 2.05) is 0 Å². The molecule has 0 heterocycles. The number of nitrogens with two attached hydrogens (primary N) is 1. The molecule has 2 atom stereocenters. The Balaban J connectivity index is 1.79. The molecule has 0 spiro atoms. The van der Waals surface area contributed by atoms with E-state index in [1.54, 1.807) is 0 Å². The van der Waals surface area contributed by atoms with E-state index < -0.39 is 0 Å². The number of hydrogen-bond acceptors (Lipinski definition) is 2. The van der Waals surface area contributed by atoms with Gasteiger partial charge in [-0.2, -0.15) is 0 Å². The van der Waals surface area contributed by atoms with Gasteiger partial charge in [0.25, 0.3) is 0 Å². The number of rotatable bonds is 2. The lowest BCUT2D eigenvalue weighted by molar-refractivity contribution is 0.473. The van der Waals surface area contributed by atoms with Crippen LogP contribution < -0.4 is 11.1 Å². The van der Waals surface area contributed by atoms with Gasteiger partial charge in [0, 0.05) is 18.1 Å². The van der Waals surface area contributed by atoms with Gasteiger partial charge in [0.15, 0.2) is 0 Å². The van der Waals surface area contributed by atoms with Gasteiger partial charge in [-0.1, -0.05) is 6.42 Å². The highest BCUT2D eigenvalue weighted by Crippen LogP contribution is 2.24. The second-order valence-electron chi connectivity index (χ2n) is 3.64. The molecule has 10 heavy (non-hydrogen) atoms. The third-order valence-electron chi connectivity index (χ3n) is 2.60. The second-order valence-corrected chi connectivity index (χ2v) is 3.64. The van der Waals surface area contributed by atoms with Crippen LogP contribution in [-0.4, -0.2) is 18.1 Å². The first-order valence-electron chi connectivity index (χ1n) is 4.38. The zero-order valence-corrected chi connectivity index (χ0v) is 6.34. The molecule has 2 rings (SSSR count). The topological polar surface area (TPSA) is 38.0 Å². The van der Waals surface area contributed by atoms with Crippen molar-refractivity contribution in [3.8, 4) is 0 Å². The first kappa shape index (κ1) is 6.62. The second kappa shape index (κ2) is 2.51.